The number of anilines is 1. The van der Waals surface area contributed by atoms with Gasteiger partial charge in [0.15, 0.2) is 0 Å². The Kier molecular flexibility index (Phi) is 4.44. The molecule has 0 saturated carbocycles. The molecule has 1 unspecified atom stereocenters. The molecule has 4 nitrogen and oxygen atoms in total. The summed E-state index contributed by atoms with van der Waals surface area (Å²) in [6, 6.07) is 8.45. The molecule has 1 atom stereocenters. The van der Waals surface area contributed by atoms with Crippen molar-refractivity contribution in [3.8, 4) is 5.75 Å². The van der Waals surface area contributed by atoms with Crippen molar-refractivity contribution in [1.82, 2.24) is 4.90 Å². The highest BCUT2D eigenvalue weighted by Crippen LogP contribution is 2.31. The highest BCUT2D eigenvalue weighted by Gasteiger charge is 2.26. The first-order valence-electron chi connectivity index (χ1n) is 6.45. The minimum absolute atomic E-state index is 0.226. The van der Waals surface area contributed by atoms with Gasteiger partial charge >= 0.3 is 0 Å². The van der Waals surface area contributed by atoms with Crippen LogP contribution in [0.1, 0.15) is 6.42 Å². The smallest absolute Gasteiger partial charge is 0.142 e. The van der Waals surface area contributed by atoms with Crippen LogP contribution in [0.2, 0.25) is 0 Å². The number of hydrogen-bond acceptors (Lipinski definition) is 4. The van der Waals surface area contributed by atoms with Crippen molar-refractivity contribution in [2.24, 2.45) is 0 Å². The molecule has 4 heteroatoms. The van der Waals surface area contributed by atoms with Crippen LogP contribution in [0.15, 0.2) is 24.3 Å². The molecule has 1 aromatic rings. The number of aliphatic hydroxyl groups is 1. The van der Waals surface area contributed by atoms with E-state index in [-0.39, 0.29) is 6.61 Å². The lowest BCUT2D eigenvalue weighted by atomic mass is 10.1. The van der Waals surface area contributed by atoms with E-state index in [1.54, 1.807) is 7.11 Å². The molecule has 1 saturated heterocycles. The van der Waals surface area contributed by atoms with Gasteiger partial charge in [0.25, 0.3) is 0 Å². The average Bonchev–Trinajstić information content (AvgIpc) is 2.39. The molecular weight excluding hydrogens is 228 g/mol. The van der Waals surface area contributed by atoms with Crippen LogP contribution < -0.4 is 9.64 Å². The Morgan fingerprint density at radius 1 is 1.33 bits per heavy atom. The molecule has 2 rings (SSSR count). The molecule has 1 fully saturated rings. The molecule has 0 radical (unpaired) electrons. The second-order valence-electron chi connectivity index (χ2n) is 4.79. The quantitative estimate of drug-likeness (QED) is 0.871. The molecule has 1 N–H and O–H groups in total. The van der Waals surface area contributed by atoms with E-state index >= 15 is 0 Å². The topological polar surface area (TPSA) is 35.9 Å². The summed E-state index contributed by atoms with van der Waals surface area (Å²) >= 11 is 0. The maximum Gasteiger partial charge on any atom is 0.142 e. The Balaban J connectivity index is 2.23. The maximum absolute atomic E-state index is 9.22. The minimum atomic E-state index is 0.226. The molecule has 1 aliphatic heterocycles. The second-order valence-corrected chi connectivity index (χ2v) is 4.79. The highest BCUT2D eigenvalue weighted by molar-refractivity contribution is 5.59. The third-order valence-corrected chi connectivity index (χ3v) is 3.54. The normalized spacial score (nSPS) is 21.1. The summed E-state index contributed by atoms with van der Waals surface area (Å²) < 4.78 is 5.43. The van der Waals surface area contributed by atoms with E-state index in [0.29, 0.717) is 6.04 Å². The standard InChI is InChI=1S/C14H22N2O2/c1-15-8-9-16(12(11-15)7-10-17)13-5-3-4-6-14(13)18-2/h3-6,12,17H,7-11H2,1-2H3. The van der Waals surface area contributed by atoms with Crippen molar-refractivity contribution in [3.05, 3.63) is 24.3 Å². The summed E-state index contributed by atoms with van der Waals surface area (Å²) in [5.41, 5.74) is 1.13. The van der Waals surface area contributed by atoms with Crippen LogP contribution >= 0.6 is 0 Å². The molecule has 0 aliphatic carbocycles. The Bertz CT molecular complexity index is 384. The Hall–Kier alpha value is -1.26. The van der Waals surface area contributed by atoms with Crippen LogP contribution in [0, 0.1) is 0 Å². The van der Waals surface area contributed by atoms with E-state index < -0.39 is 0 Å². The zero-order valence-corrected chi connectivity index (χ0v) is 11.2. The van der Waals surface area contributed by atoms with Crippen molar-refractivity contribution in [1.29, 1.82) is 0 Å². The summed E-state index contributed by atoms with van der Waals surface area (Å²) in [4.78, 5) is 4.67. The number of piperazine rings is 1. The van der Waals surface area contributed by atoms with Crippen molar-refractivity contribution in [2.45, 2.75) is 12.5 Å². The van der Waals surface area contributed by atoms with Gasteiger partial charge in [0.05, 0.1) is 12.8 Å². The first kappa shape index (κ1) is 13.2. The number of ether oxygens (including phenoxy) is 1. The second kappa shape index (κ2) is 6.07. The lowest BCUT2D eigenvalue weighted by molar-refractivity contribution is 0.218. The van der Waals surface area contributed by atoms with Crippen molar-refractivity contribution >= 4 is 5.69 Å². The third-order valence-electron chi connectivity index (χ3n) is 3.54. The van der Waals surface area contributed by atoms with Crippen LogP contribution in [0.5, 0.6) is 5.75 Å². The van der Waals surface area contributed by atoms with Gasteiger partial charge in [-0.25, -0.2) is 0 Å². The van der Waals surface area contributed by atoms with E-state index in [4.69, 9.17) is 4.74 Å². The number of aliphatic hydroxyl groups excluding tert-OH is 1. The Morgan fingerprint density at radius 2 is 2.11 bits per heavy atom. The van der Waals surface area contributed by atoms with E-state index in [0.717, 1.165) is 37.5 Å². The van der Waals surface area contributed by atoms with E-state index in [1.807, 2.05) is 18.2 Å². The van der Waals surface area contributed by atoms with Crippen LogP contribution in [-0.2, 0) is 0 Å². The van der Waals surface area contributed by atoms with Gasteiger partial charge in [0, 0.05) is 32.3 Å². The van der Waals surface area contributed by atoms with Gasteiger partial charge in [0.1, 0.15) is 5.75 Å². The maximum atomic E-state index is 9.22. The lowest BCUT2D eigenvalue weighted by Crippen LogP contribution is -2.52. The van der Waals surface area contributed by atoms with Crippen LogP contribution in [0.4, 0.5) is 5.69 Å². The monoisotopic (exact) mass is 250 g/mol. The predicted molar refractivity (Wildman–Crippen MR) is 73.3 cm³/mol. The molecule has 0 aromatic heterocycles. The largest absolute Gasteiger partial charge is 0.495 e. The number of nitrogens with zero attached hydrogens (tertiary/aromatic N) is 2. The van der Waals surface area contributed by atoms with E-state index in [9.17, 15) is 5.11 Å². The van der Waals surface area contributed by atoms with E-state index in [1.165, 1.54) is 0 Å². The fourth-order valence-corrected chi connectivity index (χ4v) is 2.59. The number of hydrogen-bond donors (Lipinski definition) is 1. The SMILES string of the molecule is COc1ccccc1N1CCN(C)CC1CCO. The molecule has 0 bridgehead atoms. The average molecular weight is 250 g/mol. The Labute approximate surface area is 109 Å². The summed E-state index contributed by atoms with van der Waals surface area (Å²) in [5.74, 6) is 0.907. The fraction of sp³-hybridized carbons (Fsp3) is 0.571. The zero-order chi connectivity index (χ0) is 13.0. The molecule has 18 heavy (non-hydrogen) atoms. The van der Waals surface area contributed by atoms with Gasteiger partial charge in [-0.3, -0.25) is 0 Å². The lowest BCUT2D eigenvalue weighted by Gasteiger charge is -2.41. The molecule has 1 aromatic carbocycles. The molecule has 100 valence electrons. The van der Waals surface area contributed by atoms with Crippen LogP contribution in [0.3, 0.4) is 0 Å². The number of methoxy groups -OCH3 is 1. The Morgan fingerprint density at radius 3 is 2.83 bits per heavy atom. The third kappa shape index (κ3) is 2.76. The van der Waals surface area contributed by atoms with Gasteiger partial charge in [-0.05, 0) is 25.6 Å². The number of benzene rings is 1. The number of likely N-dealkylation sites (N-methyl/N-ethyl adjacent to an activating group) is 1. The molecule has 1 aliphatic rings. The fourth-order valence-electron chi connectivity index (χ4n) is 2.59. The van der Waals surface area contributed by atoms with Crippen molar-refractivity contribution in [3.63, 3.8) is 0 Å². The van der Waals surface area contributed by atoms with Crippen molar-refractivity contribution in [2.75, 3.05) is 45.3 Å². The van der Waals surface area contributed by atoms with Gasteiger partial charge in [-0.1, -0.05) is 12.1 Å². The predicted octanol–water partition coefficient (Wildman–Crippen LogP) is 1.20. The molecule has 1 heterocycles. The van der Waals surface area contributed by atoms with Gasteiger partial charge < -0.3 is 19.6 Å². The summed E-state index contributed by atoms with van der Waals surface area (Å²) in [6.45, 7) is 3.23. The zero-order valence-electron chi connectivity index (χ0n) is 11.2. The summed E-state index contributed by atoms with van der Waals surface area (Å²) in [7, 11) is 3.83. The van der Waals surface area contributed by atoms with E-state index in [2.05, 4.69) is 22.9 Å². The van der Waals surface area contributed by atoms with Crippen molar-refractivity contribution < 1.29 is 9.84 Å². The highest BCUT2D eigenvalue weighted by atomic mass is 16.5. The van der Waals surface area contributed by atoms with Crippen LogP contribution in [-0.4, -0.2) is 56.4 Å². The summed E-state index contributed by atoms with van der Waals surface area (Å²) in [5, 5.41) is 9.22. The number of rotatable bonds is 4. The van der Waals surface area contributed by atoms with Gasteiger partial charge in [-0.15, -0.1) is 0 Å². The first-order valence-corrected chi connectivity index (χ1v) is 6.45. The first-order chi connectivity index (χ1) is 8.76. The molecule has 0 spiro atoms. The minimum Gasteiger partial charge on any atom is -0.495 e. The summed E-state index contributed by atoms with van der Waals surface area (Å²) in [6.07, 6.45) is 0.794. The van der Waals surface area contributed by atoms with Gasteiger partial charge in [0.2, 0.25) is 0 Å². The molecular formula is C14H22N2O2. The molecule has 0 amide bonds. The van der Waals surface area contributed by atoms with Gasteiger partial charge in [-0.2, -0.15) is 0 Å². The van der Waals surface area contributed by atoms with Crippen LogP contribution in [0.25, 0.3) is 0 Å². The number of para-hydroxylation sites is 2.